The number of halogens is 3. The van der Waals surface area contributed by atoms with E-state index < -0.39 is 15.8 Å². The molecule has 0 saturated carbocycles. The number of nitrogens with zero attached hydrogens (tertiary/aromatic N) is 1. The van der Waals surface area contributed by atoms with Crippen molar-refractivity contribution in [2.24, 2.45) is 0 Å². The van der Waals surface area contributed by atoms with Crippen molar-refractivity contribution in [2.75, 3.05) is 20.1 Å². The van der Waals surface area contributed by atoms with Gasteiger partial charge in [0.2, 0.25) is 10.0 Å². The lowest BCUT2D eigenvalue weighted by molar-refractivity contribution is 0.379. The molecule has 1 aliphatic heterocycles. The van der Waals surface area contributed by atoms with Gasteiger partial charge >= 0.3 is 0 Å². The highest BCUT2D eigenvalue weighted by atomic mass is 35.5. The number of nitrogens with one attached hydrogen (secondary N) is 1. The Bertz CT molecular complexity index is 548. The monoisotopic (exact) mass is 342 g/mol. The molecule has 1 aromatic carbocycles. The number of rotatable bonds is 4. The summed E-state index contributed by atoms with van der Waals surface area (Å²) in [6.07, 6.45) is 1.62. The molecule has 114 valence electrons. The van der Waals surface area contributed by atoms with Gasteiger partial charge in [-0.15, -0.1) is 12.4 Å². The maximum Gasteiger partial charge on any atom is 0.243 e. The Morgan fingerprint density at radius 2 is 2.15 bits per heavy atom. The summed E-state index contributed by atoms with van der Waals surface area (Å²) in [5, 5.41) is 3.07. The van der Waals surface area contributed by atoms with Crippen LogP contribution < -0.4 is 5.32 Å². The molecule has 0 radical (unpaired) electrons. The van der Waals surface area contributed by atoms with Gasteiger partial charge in [-0.3, -0.25) is 0 Å². The molecule has 1 unspecified atom stereocenters. The molecule has 0 aromatic heterocycles. The topological polar surface area (TPSA) is 49.4 Å². The molecule has 1 fully saturated rings. The summed E-state index contributed by atoms with van der Waals surface area (Å²) in [5.74, 6) is -0.643. The van der Waals surface area contributed by atoms with Crippen molar-refractivity contribution in [1.29, 1.82) is 0 Å². The van der Waals surface area contributed by atoms with E-state index in [1.165, 1.54) is 10.4 Å². The van der Waals surface area contributed by atoms with Crippen LogP contribution in [0.5, 0.6) is 0 Å². The van der Waals surface area contributed by atoms with E-state index in [2.05, 4.69) is 5.32 Å². The summed E-state index contributed by atoms with van der Waals surface area (Å²) in [4.78, 5) is -0.0829. The SMILES string of the molecule is CNCC1CCCN1S(=O)(=O)c1cc(F)cc(Cl)c1.Cl. The summed E-state index contributed by atoms with van der Waals surface area (Å²) in [7, 11) is -1.91. The Hall–Kier alpha value is -0.400. The fourth-order valence-corrected chi connectivity index (χ4v) is 4.41. The Morgan fingerprint density at radius 3 is 2.75 bits per heavy atom. The predicted octanol–water partition coefficient (Wildman–Crippen LogP) is 2.27. The summed E-state index contributed by atoms with van der Waals surface area (Å²) in [6, 6.07) is 3.30. The summed E-state index contributed by atoms with van der Waals surface area (Å²) < 4.78 is 39.7. The Kier molecular flexibility index (Phi) is 6.22. The molecule has 0 spiro atoms. The minimum Gasteiger partial charge on any atom is -0.318 e. The number of likely N-dealkylation sites (N-methyl/N-ethyl adjacent to an activating group) is 1. The minimum absolute atomic E-state index is 0. The largest absolute Gasteiger partial charge is 0.318 e. The quantitative estimate of drug-likeness (QED) is 0.913. The van der Waals surface area contributed by atoms with Gasteiger partial charge in [0.15, 0.2) is 0 Å². The molecule has 0 amide bonds. The van der Waals surface area contributed by atoms with Crippen LogP contribution in [0.1, 0.15) is 12.8 Å². The van der Waals surface area contributed by atoms with E-state index in [0.717, 1.165) is 25.0 Å². The molecule has 1 heterocycles. The maximum atomic E-state index is 13.3. The molecule has 1 aromatic rings. The lowest BCUT2D eigenvalue weighted by atomic mass is 10.2. The lowest BCUT2D eigenvalue weighted by Gasteiger charge is -2.24. The number of hydrogen-bond donors (Lipinski definition) is 1. The van der Waals surface area contributed by atoms with E-state index in [-0.39, 0.29) is 28.4 Å². The minimum atomic E-state index is -3.69. The lowest BCUT2D eigenvalue weighted by Crippen LogP contribution is -2.40. The van der Waals surface area contributed by atoms with Crippen molar-refractivity contribution in [3.8, 4) is 0 Å². The summed E-state index contributed by atoms with van der Waals surface area (Å²) in [6.45, 7) is 1.05. The van der Waals surface area contributed by atoms with Crippen molar-refractivity contribution in [3.63, 3.8) is 0 Å². The second-order valence-corrected chi connectivity index (χ2v) is 6.90. The van der Waals surface area contributed by atoms with Crippen LogP contribution in [-0.2, 0) is 10.0 Å². The normalized spacial score (nSPS) is 19.9. The third-order valence-electron chi connectivity index (χ3n) is 3.21. The van der Waals surface area contributed by atoms with Gasteiger partial charge in [-0.25, -0.2) is 12.8 Å². The van der Waals surface area contributed by atoms with Crippen LogP contribution in [0.25, 0.3) is 0 Å². The Morgan fingerprint density at radius 1 is 1.45 bits per heavy atom. The molecule has 1 aliphatic rings. The molecule has 8 heteroatoms. The van der Waals surface area contributed by atoms with E-state index in [0.29, 0.717) is 13.1 Å². The van der Waals surface area contributed by atoms with E-state index in [1.54, 1.807) is 7.05 Å². The molecule has 1 atom stereocenters. The molecular formula is C12H17Cl2FN2O2S. The van der Waals surface area contributed by atoms with Gasteiger partial charge in [0.1, 0.15) is 5.82 Å². The van der Waals surface area contributed by atoms with Crippen LogP contribution in [0.3, 0.4) is 0 Å². The number of hydrogen-bond acceptors (Lipinski definition) is 3. The second kappa shape index (κ2) is 7.04. The first-order valence-electron chi connectivity index (χ1n) is 6.07. The van der Waals surface area contributed by atoms with Gasteiger partial charge < -0.3 is 5.32 Å². The van der Waals surface area contributed by atoms with Crippen LogP contribution in [0, 0.1) is 5.82 Å². The molecule has 20 heavy (non-hydrogen) atoms. The first-order valence-corrected chi connectivity index (χ1v) is 7.89. The van der Waals surface area contributed by atoms with E-state index in [1.807, 2.05) is 0 Å². The fourth-order valence-electron chi connectivity index (χ4n) is 2.38. The predicted molar refractivity (Wildman–Crippen MR) is 79.5 cm³/mol. The average molecular weight is 343 g/mol. The third-order valence-corrected chi connectivity index (χ3v) is 5.35. The first kappa shape index (κ1) is 17.7. The van der Waals surface area contributed by atoms with Gasteiger partial charge in [-0.2, -0.15) is 4.31 Å². The van der Waals surface area contributed by atoms with E-state index >= 15 is 0 Å². The fraction of sp³-hybridized carbons (Fsp3) is 0.500. The van der Waals surface area contributed by atoms with Crippen molar-refractivity contribution >= 4 is 34.0 Å². The molecule has 0 bridgehead atoms. The summed E-state index contributed by atoms with van der Waals surface area (Å²) in [5.41, 5.74) is 0. The molecule has 4 nitrogen and oxygen atoms in total. The van der Waals surface area contributed by atoms with Crippen LogP contribution in [0.4, 0.5) is 4.39 Å². The van der Waals surface area contributed by atoms with Gasteiger partial charge in [0, 0.05) is 24.2 Å². The molecule has 2 rings (SSSR count). The van der Waals surface area contributed by atoms with Crippen molar-refractivity contribution in [3.05, 3.63) is 29.0 Å². The highest BCUT2D eigenvalue weighted by Gasteiger charge is 2.35. The second-order valence-electron chi connectivity index (χ2n) is 4.57. The van der Waals surface area contributed by atoms with Crippen molar-refractivity contribution in [1.82, 2.24) is 9.62 Å². The standard InChI is InChI=1S/C12H16ClFN2O2S.ClH/c1-15-8-11-3-2-4-16(11)19(17,18)12-6-9(13)5-10(14)7-12;/h5-7,11,15H,2-4,8H2,1H3;1H. The van der Waals surface area contributed by atoms with E-state index in [4.69, 9.17) is 11.6 Å². The molecule has 1 N–H and O–H groups in total. The zero-order valence-corrected chi connectivity index (χ0v) is 13.4. The highest BCUT2D eigenvalue weighted by Crippen LogP contribution is 2.27. The number of sulfonamides is 1. The Balaban J connectivity index is 0.00000200. The third kappa shape index (κ3) is 3.62. The first-order chi connectivity index (χ1) is 8.95. The highest BCUT2D eigenvalue weighted by molar-refractivity contribution is 7.89. The van der Waals surface area contributed by atoms with Crippen LogP contribution in [0.2, 0.25) is 5.02 Å². The smallest absolute Gasteiger partial charge is 0.243 e. The van der Waals surface area contributed by atoms with Gasteiger partial charge in [-0.05, 0) is 38.1 Å². The van der Waals surface area contributed by atoms with E-state index in [9.17, 15) is 12.8 Å². The zero-order valence-electron chi connectivity index (χ0n) is 11.0. The van der Waals surface area contributed by atoms with Crippen LogP contribution >= 0.6 is 24.0 Å². The molecular weight excluding hydrogens is 326 g/mol. The van der Waals surface area contributed by atoms with Crippen LogP contribution in [0.15, 0.2) is 23.1 Å². The van der Waals surface area contributed by atoms with Gasteiger partial charge in [0.05, 0.1) is 4.90 Å². The molecule has 0 aliphatic carbocycles. The van der Waals surface area contributed by atoms with Crippen LogP contribution in [-0.4, -0.2) is 38.9 Å². The maximum absolute atomic E-state index is 13.3. The summed E-state index contributed by atoms with van der Waals surface area (Å²) >= 11 is 5.73. The number of benzene rings is 1. The molecule has 1 saturated heterocycles. The van der Waals surface area contributed by atoms with Gasteiger partial charge in [-0.1, -0.05) is 11.6 Å². The van der Waals surface area contributed by atoms with Crippen molar-refractivity contribution < 1.29 is 12.8 Å². The Labute approximate surface area is 129 Å². The van der Waals surface area contributed by atoms with Crippen molar-refractivity contribution in [2.45, 2.75) is 23.8 Å². The zero-order chi connectivity index (χ0) is 14.0. The average Bonchev–Trinajstić information content (AvgIpc) is 2.77. The van der Waals surface area contributed by atoms with Gasteiger partial charge in [0.25, 0.3) is 0 Å².